The third kappa shape index (κ3) is 52.9. The second-order valence-electron chi connectivity index (χ2n) is 1.90. The molecular formula is C5H13NNa2O2S3. The summed E-state index contributed by atoms with van der Waals surface area (Å²) in [5.74, 6) is 0. The minimum Gasteiger partial charge on any atom is -0.801 e. The maximum absolute atomic E-state index is 9.26. The van der Waals surface area contributed by atoms with Crippen molar-refractivity contribution in [2.45, 2.75) is 13.8 Å². The summed E-state index contributed by atoms with van der Waals surface area (Å²) in [6.45, 7) is 6.64. The Morgan fingerprint density at radius 3 is 1.23 bits per heavy atom. The van der Waals surface area contributed by atoms with Crippen molar-refractivity contribution in [2.75, 3.05) is 20.1 Å². The van der Waals surface area contributed by atoms with Crippen LogP contribution in [0.25, 0.3) is 0 Å². The number of nitrogens with zero attached hydrogens (tertiary/aromatic N) is 1. The molecule has 13 heavy (non-hydrogen) atoms. The molecule has 3 nitrogen and oxygen atoms in total. The Hall–Kier alpha value is 2.67. The molecule has 0 aliphatic heterocycles. The fourth-order valence-electron chi connectivity index (χ4n) is 0.224. The largest absolute Gasteiger partial charge is 1.00 e. The zero-order valence-corrected chi connectivity index (χ0v) is 15.4. The van der Waals surface area contributed by atoms with Gasteiger partial charge in [0.2, 0.25) is 0 Å². The Balaban J connectivity index is -0.0000000546. The molecule has 0 spiro atoms. The van der Waals surface area contributed by atoms with E-state index in [1.54, 1.807) is 0 Å². The molecule has 0 rings (SSSR count). The molecule has 0 heterocycles. The Labute approximate surface area is 135 Å². The standard InChI is InChI=1S/C5H13N.2Na.H2O2S3/c1-4-6(3)5-2;;;1-5(2,3)4/h4-5H2,1-3H3;;;(H2,1,2,3,4)/q;2*+1;/p-2. The number of hydrogen-bond donors (Lipinski definition) is 0. The van der Waals surface area contributed by atoms with Crippen LogP contribution in [0.15, 0.2) is 0 Å². The fourth-order valence-corrected chi connectivity index (χ4v) is 0.224. The maximum atomic E-state index is 9.26. The molecule has 0 bridgehead atoms. The summed E-state index contributed by atoms with van der Waals surface area (Å²) < 4.78 is 18.5. The molecule has 0 atom stereocenters. The predicted octanol–water partition coefficient (Wildman–Crippen LogP) is -5.71. The Morgan fingerprint density at radius 1 is 1.08 bits per heavy atom. The van der Waals surface area contributed by atoms with Crippen molar-refractivity contribution < 1.29 is 68.2 Å². The van der Waals surface area contributed by atoms with Crippen molar-refractivity contribution in [2.24, 2.45) is 0 Å². The van der Waals surface area contributed by atoms with E-state index in [0.29, 0.717) is 0 Å². The summed E-state index contributed by atoms with van der Waals surface area (Å²) >= 11 is 7.23. The van der Waals surface area contributed by atoms with Gasteiger partial charge in [-0.3, -0.25) is 0 Å². The van der Waals surface area contributed by atoms with Crippen molar-refractivity contribution in [3.05, 3.63) is 0 Å². The van der Waals surface area contributed by atoms with E-state index in [2.05, 4.69) is 48.2 Å². The van der Waals surface area contributed by atoms with Gasteiger partial charge in [-0.15, -0.1) is 0 Å². The van der Waals surface area contributed by atoms with E-state index in [1.165, 1.54) is 0 Å². The molecule has 0 saturated carbocycles. The van der Waals surface area contributed by atoms with Crippen LogP contribution in [-0.4, -0.2) is 34.1 Å². The van der Waals surface area contributed by atoms with E-state index in [0.717, 1.165) is 13.1 Å². The van der Waals surface area contributed by atoms with Crippen molar-refractivity contribution >= 4 is 30.1 Å². The molecule has 0 radical (unpaired) electrons. The summed E-state index contributed by atoms with van der Waals surface area (Å²) in [5.41, 5.74) is 0. The summed E-state index contributed by atoms with van der Waals surface area (Å²) in [5, 5.41) is 0. The molecule has 0 N–H and O–H groups in total. The van der Waals surface area contributed by atoms with E-state index in [4.69, 9.17) is 0 Å². The van der Waals surface area contributed by atoms with Crippen LogP contribution in [0.4, 0.5) is 0 Å². The molecule has 70 valence electrons. The van der Waals surface area contributed by atoms with E-state index < -0.39 is 7.71 Å². The third-order valence-electron chi connectivity index (χ3n) is 1.08. The molecule has 0 aromatic carbocycles. The number of rotatable bonds is 2. The summed E-state index contributed by atoms with van der Waals surface area (Å²) in [6, 6.07) is 0. The first-order valence-electron chi connectivity index (χ1n) is 3.16. The van der Waals surface area contributed by atoms with Crippen molar-refractivity contribution in [3.8, 4) is 0 Å². The number of hydrogen-bond acceptors (Lipinski definition) is 5. The average molecular weight is 261 g/mol. The van der Waals surface area contributed by atoms with Gasteiger partial charge in [-0.1, -0.05) is 36.2 Å². The van der Waals surface area contributed by atoms with Gasteiger partial charge in [0.15, 0.2) is 0 Å². The van der Waals surface area contributed by atoms with Crippen LogP contribution in [0.1, 0.15) is 13.8 Å². The van der Waals surface area contributed by atoms with E-state index in [-0.39, 0.29) is 59.1 Å². The van der Waals surface area contributed by atoms with Gasteiger partial charge in [-0.25, -0.2) is 7.71 Å². The predicted molar refractivity (Wildman–Crippen MR) is 52.5 cm³/mol. The van der Waals surface area contributed by atoms with Crippen molar-refractivity contribution in [1.29, 1.82) is 0 Å². The van der Waals surface area contributed by atoms with E-state index in [9.17, 15) is 9.11 Å². The van der Waals surface area contributed by atoms with Crippen LogP contribution in [-0.2, 0) is 30.1 Å². The first-order chi connectivity index (χ1) is 4.81. The van der Waals surface area contributed by atoms with Gasteiger partial charge >= 0.3 is 59.1 Å². The zero-order valence-electron chi connectivity index (χ0n) is 8.90. The maximum Gasteiger partial charge on any atom is 1.00 e. The molecule has 0 amide bonds. The molecule has 8 heteroatoms. The average Bonchev–Trinajstić information content (AvgIpc) is 1.83. The van der Waals surface area contributed by atoms with Gasteiger partial charge in [0.25, 0.3) is 0 Å². The quantitative estimate of drug-likeness (QED) is 0.464. The topological polar surface area (TPSA) is 49.4 Å². The molecular weight excluding hydrogens is 248 g/mol. The van der Waals surface area contributed by atoms with E-state index in [1.807, 2.05) is 0 Å². The van der Waals surface area contributed by atoms with Crippen molar-refractivity contribution in [3.63, 3.8) is 0 Å². The third-order valence-corrected chi connectivity index (χ3v) is 1.08. The monoisotopic (exact) mass is 261 g/mol. The second-order valence-corrected chi connectivity index (χ2v) is 5.98. The molecule has 0 aliphatic carbocycles. The van der Waals surface area contributed by atoms with Crippen LogP contribution < -0.4 is 59.1 Å². The van der Waals surface area contributed by atoms with Crippen LogP contribution in [0.2, 0.25) is 0 Å². The van der Waals surface area contributed by atoms with Gasteiger partial charge in [-0.05, 0) is 20.1 Å². The molecule has 0 unspecified atom stereocenters. The molecule has 0 saturated heterocycles. The fraction of sp³-hybridized carbons (Fsp3) is 1.00. The molecule has 0 fully saturated rings. The summed E-state index contributed by atoms with van der Waals surface area (Å²) in [4.78, 5) is 2.25. The van der Waals surface area contributed by atoms with Crippen molar-refractivity contribution in [1.82, 2.24) is 4.90 Å². The van der Waals surface area contributed by atoms with Crippen LogP contribution in [0.3, 0.4) is 0 Å². The summed E-state index contributed by atoms with van der Waals surface area (Å²) in [6.07, 6.45) is 0. The molecule has 0 aromatic rings. The first kappa shape index (κ1) is 24.8. The second kappa shape index (κ2) is 14.7. The Bertz CT molecular complexity index is 163. The minimum absolute atomic E-state index is 0. The normalized spacial score (nSPS) is 9.08. The zero-order chi connectivity index (χ0) is 9.49. The van der Waals surface area contributed by atoms with Crippen LogP contribution in [0, 0.1) is 0 Å². The van der Waals surface area contributed by atoms with Crippen LogP contribution >= 0.6 is 0 Å². The molecule has 0 aromatic heterocycles. The SMILES string of the molecule is CCN(C)CC.[Na+].[Na+].[O-]S([O-])(=S)=S. The van der Waals surface area contributed by atoms with Gasteiger partial charge in [0.05, 0.1) is 0 Å². The smallest absolute Gasteiger partial charge is 0.801 e. The first-order valence-corrected chi connectivity index (χ1v) is 6.49. The molecule has 0 aliphatic rings. The van der Waals surface area contributed by atoms with Gasteiger partial charge in [0.1, 0.15) is 0 Å². The van der Waals surface area contributed by atoms with E-state index >= 15 is 0 Å². The Morgan fingerprint density at radius 2 is 1.23 bits per heavy atom. The summed E-state index contributed by atoms with van der Waals surface area (Å²) in [7, 11) is -1.39. The van der Waals surface area contributed by atoms with Gasteiger partial charge in [0, 0.05) is 0 Å². The van der Waals surface area contributed by atoms with Gasteiger partial charge < -0.3 is 14.0 Å². The Kier molecular flexibility index (Phi) is 27.9. The van der Waals surface area contributed by atoms with Gasteiger partial charge in [-0.2, -0.15) is 0 Å². The van der Waals surface area contributed by atoms with Crippen LogP contribution in [0.5, 0.6) is 0 Å². The minimum atomic E-state index is -3.50.